The Bertz CT molecular complexity index is 2700. The number of anilines is 4. The van der Waals surface area contributed by atoms with Crippen LogP contribution in [0.5, 0.6) is 5.75 Å². The van der Waals surface area contributed by atoms with Gasteiger partial charge in [-0.3, -0.25) is 33.7 Å². The van der Waals surface area contributed by atoms with Crippen LogP contribution in [0.1, 0.15) is 82.9 Å². The van der Waals surface area contributed by atoms with Crippen molar-refractivity contribution >= 4 is 74.4 Å². The zero-order valence-electron chi connectivity index (χ0n) is 37.3. The Balaban J connectivity index is 0.773. The molecule has 4 aliphatic rings. The molecule has 4 aliphatic heterocycles. The highest BCUT2D eigenvalue weighted by molar-refractivity contribution is 6.33. The van der Waals surface area contributed by atoms with Crippen LogP contribution in [0.25, 0.3) is 21.9 Å². The highest BCUT2D eigenvalue weighted by atomic mass is 35.5. The largest absolute Gasteiger partial charge is 0.478 e. The van der Waals surface area contributed by atoms with Gasteiger partial charge in [-0.05, 0) is 107 Å². The molecule has 0 bridgehead atoms. The lowest BCUT2D eigenvalue weighted by atomic mass is 9.71. The Morgan fingerprint density at radius 3 is 2.42 bits per heavy atom. The Morgan fingerprint density at radius 1 is 0.969 bits per heavy atom. The number of nitrogens with zero attached hydrogens (tertiary/aromatic N) is 9. The van der Waals surface area contributed by atoms with Crippen molar-refractivity contribution in [2.24, 2.45) is 18.4 Å². The molecule has 344 valence electrons. The molecule has 65 heavy (non-hydrogen) atoms. The van der Waals surface area contributed by atoms with Crippen LogP contribution in [0, 0.1) is 17.2 Å². The van der Waals surface area contributed by atoms with Gasteiger partial charge in [0.05, 0.1) is 40.9 Å². The molecule has 0 aliphatic carbocycles. The van der Waals surface area contributed by atoms with Gasteiger partial charge >= 0.3 is 0 Å². The van der Waals surface area contributed by atoms with Crippen molar-refractivity contribution in [3.8, 4) is 5.75 Å². The molecule has 1 unspecified atom stereocenters. The summed E-state index contributed by atoms with van der Waals surface area (Å²) >= 11 is 6.62. The topological polar surface area (TPSA) is 185 Å². The van der Waals surface area contributed by atoms with Gasteiger partial charge in [0.15, 0.2) is 18.2 Å². The van der Waals surface area contributed by atoms with Gasteiger partial charge < -0.3 is 30.1 Å². The van der Waals surface area contributed by atoms with Gasteiger partial charge in [-0.2, -0.15) is 10.1 Å². The molecule has 5 aromatic rings. The molecular weight excluding hydrogens is 855 g/mol. The average molecular weight is 911 g/mol. The quantitative estimate of drug-likeness (QED) is 0.143. The Morgan fingerprint density at radius 2 is 1.71 bits per heavy atom. The van der Waals surface area contributed by atoms with Gasteiger partial charge in [-0.15, -0.1) is 0 Å². The minimum Gasteiger partial charge on any atom is -0.478 e. The van der Waals surface area contributed by atoms with Crippen LogP contribution in [-0.2, 0) is 21.4 Å². The Labute approximate surface area is 381 Å². The van der Waals surface area contributed by atoms with Crippen LogP contribution in [0.15, 0.2) is 41.5 Å². The molecule has 1 aromatic carbocycles. The highest BCUT2D eigenvalue weighted by Gasteiger charge is 2.39. The summed E-state index contributed by atoms with van der Waals surface area (Å²) < 4.78 is 24.6. The number of hydrogen-bond acceptors (Lipinski definition) is 13. The lowest BCUT2D eigenvalue weighted by molar-refractivity contribution is -0.134. The van der Waals surface area contributed by atoms with Crippen molar-refractivity contribution < 1.29 is 23.5 Å². The van der Waals surface area contributed by atoms with Gasteiger partial charge in [0.1, 0.15) is 16.5 Å². The number of nitrogens with one attached hydrogen (secondary N) is 3. The second-order valence-corrected chi connectivity index (χ2v) is 18.8. The van der Waals surface area contributed by atoms with Crippen LogP contribution >= 0.6 is 11.6 Å². The molecule has 4 aromatic heterocycles. The number of halogens is 2. The van der Waals surface area contributed by atoms with E-state index in [1.807, 2.05) is 33.0 Å². The molecule has 19 heteroatoms. The molecule has 4 saturated heterocycles. The fraction of sp³-hybridized carbons (Fsp3) is 0.522. The number of aryl methyl sites for hydroxylation is 1. The molecule has 0 saturated carbocycles. The smallest absolute Gasteiger partial charge is 0.294 e. The molecule has 9 rings (SSSR count). The van der Waals surface area contributed by atoms with Gasteiger partial charge in [-0.25, -0.2) is 14.4 Å². The number of likely N-dealkylation sites (tertiary alicyclic amines) is 1. The third-order valence-corrected chi connectivity index (χ3v) is 14.3. The molecule has 1 spiro atoms. The number of benzene rings is 1. The van der Waals surface area contributed by atoms with E-state index >= 15 is 4.39 Å². The number of fused-ring (bicyclic) bond motifs is 2. The third-order valence-electron chi connectivity index (χ3n) is 14.0. The standard InChI is InChI=1S/C46H56ClFN12O5/c1-27(2)60-42-29(20-37(44(60)64)65-26-39(62)49-3)19-30(23-50-42)52-41-33(47)24-51-45(54-41)59-17-11-46(12-18-59)9-15-57(16-10-46)25-28-7-13-58(14-8-28)36-22-35-32(21-34(36)48)40(55-56(35)4)31-5-6-38(61)53-43(31)63/h19-24,27-28,31H,5-18,25-26H2,1-4H3,(H,49,62)(H,51,52,54)(H,53,61,63). The normalized spacial score (nSPS) is 19.6. The molecule has 1 atom stereocenters. The number of aromatic nitrogens is 6. The number of rotatable bonds is 11. The van der Waals surface area contributed by atoms with Gasteiger partial charge in [-0.1, -0.05) is 11.6 Å². The van der Waals surface area contributed by atoms with E-state index in [9.17, 15) is 19.2 Å². The van der Waals surface area contributed by atoms with Crippen molar-refractivity contribution in [1.82, 2.24) is 44.8 Å². The van der Waals surface area contributed by atoms with Crippen molar-refractivity contribution in [2.45, 2.75) is 77.2 Å². The number of imide groups is 1. The number of piperidine rings is 4. The summed E-state index contributed by atoms with van der Waals surface area (Å²) in [6, 6.07) is 6.62. The summed E-state index contributed by atoms with van der Waals surface area (Å²) in [4.78, 5) is 70.5. The van der Waals surface area contributed by atoms with Crippen LogP contribution in [-0.4, -0.2) is 111 Å². The monoisotopic (exact) mass is 910 g/mol. The van der Waals surface area contributed by atoms with E-state index in [0.717, 1.165) is 89.9 Å². The van der Waals surface area contributed by atoms with Gasteiger partial charge in [0.25, 0.3) is 11.5 Å². The SMILES string of the molecule is CNC(=O)COc1cc2cc(Nc3nc(N4CCC5(CCN(CC6CCN(c7cc8c(cc7F)c(C7CCC(=O)NC7=O)nn8C)CC6)CC5)CC4)ncc3Cl)cnc2n(C(C)C)c1=O. The number of pyridine rings is 2. The van der Waals surface area contributed by atoms with Crippen molar-refractivity contribution in [3.05, 3.63) is 63.5 Å². The lowest BCUT2D eigenvalue weighted by Gasteiger charge is -2.47. The average Bonchev–Trinajstić information content (AvgIpc) is 3.61. The maximum absolute atomic E-state index is 15.8. The molecule has 17 nitrogen and oxygen atoms in total. The van der Waals surface area contributed by atoms with E-state index in [1.165, 1.54) is 13.1 Å². The van der Waals surface area contributed by atoms with Crippen LogP contribution in [0.2, 0.25) is 5.02 Å². The van der Waals surface area contributed by atoms with Crippen molar-refractivity contribution in [3.63, 3.8) is 0 Å². The number of carbonyl (C=O) groups is 3. The van der Waals surface area contributed by atoms with Gasteiger partial charge in [0, 0.05) is 70.1 Å². The first-order valence-electron chi connectivity index (χ1n) is 22.7. The van der Waals surface area contributed by atoms with E-state index in [2.05, 4.69) is 45.7 Å². The van der Waals surface area contributed by atoms with E-state index in [1.54, 1.807) is 27.7 Å². The Hall–Kier alpha value is -5.88. The zero-order valence-corrected chi connectivity index (χ0v) is 38.1. The minimum atomic E-state index is -0.573. The van der Waals surface area contributed by atoms with Crippen LogP contribution in [0.3, 0.4) is 0 Å². The minimum absolute atomic E-state index is 0.0586. The maximum atomic E-state index is 15.8. The molecule has 4 fully saturated rings. The first kappa shape index (κ1) is 44.3. The van der Waals surface area contributed by atoms with E-state index in [-0.39, 0.29) is 53.9 Å². The third kappa shape index (κ3) is 9.06. The van der Waals surface area contributed by atoms with Gasteiger partial charge in [0.2, 0.25) is 17.8 Å². The van der Waals surface area contributed by atoms with Crippen molar-refractivity contribution in [1.29, 1.82) is 0 Å². The predicted octanol–water partition coefficient (Wildman–Crippen LogP) is 5.43. The summed E-state index contributed by atoms with van der Waals surface area (Å²) in [6.45, 7) is 9.95. The Kier molecular flexibility index (Phi) is 12.4. The first-order valence-corrected chi connectivity index (χ1v) is 23.1. The molecule has 3 N–H and O–H groups in total. The number of amides is 3. The number of likely N-dealkylation sites (N-methyl/N-ethyl adjacent to an activating group) is 1. The molecule has 0 radical (unpaired) electrons. The molecule has 3 amide bonds. The number of hydrogen-bond donors (Lipinski definition) is 3. The molecule has 8 heterocycles. The second-order valence-electron chi connectivity index (χ2n) is 18.4. The summed E-state index contributed by atoms with van der Waals surface area (Å²) in [5.74, 6) is -0.222. The number of carbonyl (C=O) groups excluding carboxylic acids is 3. The second kappa shape index (κ2) is 18.2. The summed E-state index contributed by atoms with van der Waals surface area (Å²) in [7, 11) is 3.32. The molecular formula is C46H56ClFN12O5. The summed E-state index contributed by atoms with van der Waals surface area (Å²) in [5.41, 5.74) is 2.90. The van der Waals surface area contributed by atoms with Crippen LogP contribution < -0.4 is 36.0 Å². The first-order chi connectivity index (χ1) is 31.3. The van der Waals surface area contributed by atoms with E-state index in [0.29, 0.717) is 68.0 Å². The fourth-order valence-electron chi connectivity index (χ4n) is 10.2. The van der Waals surface area contributed by atoms with Crippen molar-refractivity contribution in [2.75, 3.05) is 74.6 Å². The predicted molar refractivity (Wildman–Crippen MR) is 247 cm³/mol. The highest BCUT2D eigenvalue weighted by Crippen LogP contribution is 2.43. The maximum Gasteiger partial charge on any atom is 0.294 e. The lowest BCUT2D eigenvalue weighted by Crippen LogP contribution is -2.48. The zero-order chi connectivity index (χ0) is 45.6. The summed E-state index contributed by atoms with van der Waals surface area (Å²) in [6.07, 6.45) is 10.3. The van der Waals surface area contributed by atoms with Crippen LogP contribution in [0.4, 0.5) is 27.5 Å². The van der Waals surface area contributed by atoms with E-state index < -0.39 is 5.92 Å². The summed E-state index contributed by atoms with van der Waals surface area (Å²) in [5, 5.41) is 14.4. The fourth-order valence-corrected chi connectivity index (χ4v) is 10.3. The number of ether oxygens (including phenoxy) is 1. The van der Waals surface area contributed by atoms with E-state index in [4.69, 9.17) is 21.3 Å².